The molecule has 5 heteroatoms. The van der Waals surface area contributed by atoms with E-state index in [-0.39, 0.29) is 6.61 Å². The molecule has 0 spiro atoms. The van der Waals surface area contributed by atoms with Crippen molar-refractivity contribution in [1.29, 1.82) is 0 Å². The van der Waals surface area contributed by atoms with Gasteiger partial charge in [-0.15, -0.1) is 4.91 Å². The van der Waals surface area contributed by atoms with Crippen LogP contribution in [0.4, 0.5) is 5.69 Å². The zero-order valence-electron chi connectivity index (χ0n) is 14.3. The van der Waals surface area contributed by atoms with E-state index < -0.39 is 12.0 Å². The van der Waals surface area contributed by atoms with Gasteiger partial charge in [0.1, 0.15) is 0 Å². The number of anilines is 1. The van der Waals surface area contributed by atoms with E-state index in [0.717, 1.165) is 29.3 Å². The molecular formula is C20H22N2O3. The van der Waals surface area contributed by atoms with Crippen molar-refractivity contribution in [2.24, 2.45) is 11.1 Å². The van der Waals surface area contributed by atoms with E-state index in [0.29, 0.717) is 5.56 Å². The van der Waals surface area contributed by atoms with Gasteiger partial charge < -0.3 is 10.1 Å². The molecule has 1 N–H and O–H groups in total. The maximum absolute atomic E-state index is 12.1. The largest absolute Gasteiger partial charge is 0.464 e. The quantitative estimate of drug-likeness (QED) is 0.566. The number of esters is 1. The highest BCUT2D eigenvalue weighted by Crippen LogP contribution is 2.36. The Balaban J connectivity index is 1.97. The second kappa shape index (κ2) is 7.92. The molecule has 0 heterocycles. The molecule has 5 nitrogen and oxygen atoms in total. The van der Waals surface area contributed by atoms with Gasteiger partial charge in [-0.05, 0) is 48.1 Å². The number of nitrogens with zero attached hydrogens (tertiary/aromatic N) is 1. The van der Waals surface area contributed by atoms with Gasteiger partial charge in [0.15, 0.2) is 0 Å². The Labute approximate surface area is 147 Å². The normalized spacial score (nSPS) is 14.6. The van der Waals surface area contributed by atoms with Crippen molar-refractivity contribution in [3.05, 3.63) is 59.0 Å². The third-order valence-electron chi connectivity index (χ3n) is 4.37. The van der Waals surface area contributed by atoms with Gasteiger partial charge in [-0.2, -0.15) is 0 Å². The van der Waals surface area contributed by atoms with Crippen LogP contribution in [0.1, 0.15) is 31.4 Å². The van der Waals surface area contributed by atoms with Crippen LogP contribution in [-0.4, -0.2) is 19.1 Å². The monoisotopic (exact) mass is 338 g/mol. The molecule has 25 heavy (non-hydrogen) atoms. The molecule has 2 aromatic rings. The molecule has 0 radical (unpaired) electrons. The summed E-state index contributed by atoms with van der Waals surface area (Å²) in [5, 5.41) is 6.52. The van der Waals surface area contributed by atoms with Crippen LogP contribution in [0, 0.1) is 10.8 Å². The minimum Gasteiger partial charge on any atom is -0.464 e. The molecule has 1 unspecified atom stereocenters. The Morgan fingerprint density at radius 3 is 2.52 bits per heavy atom. The maximum atomic E-state index is 12.1. The molecule has 130 valence electrons. The van der Waals surface area contributed by atoms with Crippen molar-refractivity contribution in [2.75, 3.05) is 18.5 Å². The Bertz CT molecular complexity index is 756. The summed E-state index contributed by atoms with van der Waals surface area (Å²) in [5.74, 6) is 0.126. The number of rotatable bonds is 8. The molecule has 1 saturated carbocycles. The standard InChI is InChI=1S/C20H22N2O3/c1-2-25-20(23)19(22-24)17-9-4-3-7-15(17)16-8-5-6-10-18(16)21-13-14-11-12-14/h3-10,14,19,21H,2,11-13H2,1H3. The number of hydrogen-bond acceptors (Lipinski definition) is 5. The highest BCUT2D eigenvalue weighted by atomic mass is 16.5. The van der Waals surface area contributed by atoms with Crippen LogP contribution in [0.2, 0.25) is 0 Å². The molecule has 1 aliphatic rings. The predicted octanol–water partition coefficient (Wildman–Crippen LogP) is 4.55. The molecule has 0 aromatic heterocycles. The van der Waals surface area contributed by atoms with Crippen LogP contribution < -0.4 is 5.32 Å². The third-order valence-corrected chi connectivity index (χ3v) is 4.37. The van der Waals surface area contributed by atoms with Gasteiger partial charge in [0.2, 0.25) is 6.04 Å². The number of nitroso groups, excluding NO2 is 1. The van der Waals surface area contributed by atoms with Crippen molar-refractivity contribution >= 4 is 11.7 Å². The Kier molecular flexibility index (Phi) is 5.43. The van der Waals surface area contributed by atoms with Crippen LogP contribution >= 0.6 is 0 Å². The summed E-state index contributed by atoms with van der Waals surface area (Å²) in [6.07, 6.45) is 2.54. The minimum atomic E-state index is -1.16. The average molecular weight is 338 g/mol. The lowest BCUT2D eigenvalue weighted by Crippen LogP contribution is -2.15. The summed E-state index contributed by atoms with van der Waals surface area (Å²) >= 11 is 0. The second-order valence-corrected chi connectivity index (χ2v) is 6.22. The summed E-state index contributed by atoms with van der Waals surface area (Å²) in [6.45, 7) is 2.86. The third kappa shape index (κ3) is 4.05. The van der Waals surface area contributed by atoms with Gasteiger partial charge in [0.25, 0.3) is 0 Å². The number of hydrogen-bond donors (Lipinski definition) is 1. The van der Waals surface area contributed by atoms with Crippen molar-refractivity contribution in [3.8, 4) is 11.1 Å². The Morgan fingerprint density at radius 2 is 1.84 bits per heavy atom. The predicted molar refractivity (Wildman–Crippen MR) is 98.3 cm³/mol. The summed E-state index contributed by atoms with van der Waals surface area (Å²) in [6, 6.07) is 14.1. The van der Waals surface area contributed by atoms with Crippen LogP contribution in [0.5, 0.6) is 0 Å². The van der Waals surface area contributed by atoms with E-state index in [9.17, 15) is 9.70 Å². The van der Waals surface area contributed by atoms with E-state index in [1.165, 1.54) is 12.8 Å². The van der Waals surface area contributed by atoms with E-state index in [1.54, 1.807) is 19.1 Å². The van der Waals surface area contributed by atoms with E-state index in [2.05, 4.69) is 10.5 Å². The summed E-state index contributed by atoms with van der Waals surface area (Å²) in [5.41, 5.74) is 3.34. The summed E-state index contributed by atoms with van der Waals surface area (Å²) in [4.78, 5) is 23.5. The smallest absolute Gasteiger partial charge is 0.339 e. The van der Waals surface area contributed by atoms with E-state index in [1.807, 2.05) is 36.4 Å². The fraction of sp³-hybridized carbons (Fsp3) is 0.350. The van der Waals surface area contributed by atoms with Crippen molar-refractivity contribution in [3.63, 3.8) is 0 Å². The first-order chi connectivity index (χ1) is 12.2. The fourth-order valence-electron chi connectivity index (χ4n) is 2.88. The van der Waals surface area contributed by atoms with Gasteiger partial charge >= 0.3 is 5.97 Å². The van der Waals surface area contributed by atoms with Gasteiger partial charge in [-0.1, -0.05) is 42.5 Å². The number of para-hydroxylation sites is 1. The zero-order valence-corrected chi connectivity index (χ0v) is 14.3. The van der Waals surface area contributed by atoms with Crippen LogP contribution in [-0.2, 0) is 9.53 Å². The first-order valence-corrected chi connectivity index (χ1v) is 8.66. The molecule has 3 rings (SSSR count). The molecular weight excluding hydrogens is 316 g/mol. The lowest BCUT2D eigenvalue weighted by molar-refractivity contribution is -0.144. The zero-order chi connectivity index (χ0) is 17.6. The average Bonchev–Trinajstić information content (AvgIpc) is 3.46. The molecule has 0 amide bonds. The second-order valence-electron chi connectivity index (χ2n) is 6.22. The number of nitrogens with one attached hydrogen (secondary N) is 1. The van der Waals surface area contributed by atoms with Crippen LogP contribution in [0.25, 0.3) is 11.1 Å². The molecule has 2 aromatic carbocycles. The first kappa shape index (κ1) is 17.1. The molecule has 1 aliphatic carbocycles. The highest BCUT2D eigenvalue weighted by molar-refractivity contribution is 5.86. The SMILES string of the molecule is CCOC(=O)C(N=O)c1ccccc1-c1ccccc1NCC1CC1. The van der Waals surface area contributed by atoms with Gasteiger partial charge in [0.05, 0.1) is 6.61 Å². The molecule has 0 aliphatic heterocycles. The van der Waals surface area contributed by atoms with Gasteiger partial charge in [-0.3, -0.25) is 0 Å². The summed E-state index contributed by atoms with van der Waals surface area (Å²) < 4.78 is 5.01. The number of ether oxygens (including phenoxy) is 1. The molecule has 1 fully saturated rings. The van der Waals surface area contributed by atoms with Crippen molar-refractivity contribution in [2.45, 2.75) is 25.8 Å². The maximum Gasteiger partial charge on any atom is 0.339 e. The van der Waals surface area contributed by atoms with Crippen molar-refractivity contribution < 1.29 is 9.53 Å². The summed E-state index contributed by atoms with van der Waals surface area (Å²) in [7, 11) is 0. The molecule has 0 saturated heterocycles. The molecule has 0 bridgehead atoms. The number of carbonyl (C=O) groups excluding carboxylic acids is 1. The topological polar surface area (TPSA) is 67.8 Å². The van der Waals surface area contributed by atoms with Gasteiger partial charge in [-0.25, -0.2) is 4.79 Å². The lowest BCUT2D eigenvalue weighted by Gasteiger charge is -2.17. The fourth-order valence-corrected chi connectivity index (χ4v) is 2.88. The first-order valence-electron chi connectivity index (χ1n) is 8.66. The van der Waals surface area contributed by atoms with Crippen LogP contribution in [0.3, 0.4) is 0 Å². The minimum absolute atomic E-state index is 0.215. The van der Waals surface area contributed by atoms with Gasteiger partial charge in [0, 0.05) is 17.8 Å². The van der Waals surface area contributed by atoms with E-state index >= 15 is 0 Å². The molecule has 1 atom stereocenters. The number of benzene rings is 2. The highest BCUT2D eigenvalue weighted by Gasteiger charge is 2.27. The van der Waals surface area contributed by atoms with E-state index in [4.69, 9.17) is 4.74 Å². The number of carbonyl (C=O) groups is 1. The van der Waals surface area contributed by atoms with Crippen molar-refractivity contribution in [1.82, 2.24) is 0 Å². The Hall–Kier alpha value is -2.69. The lowest BCUT2D eigenvalue weighted by atomic mass is 9.94. The Morgan fingerprint density at radius 1 is 1.16 bits per heavy atom. The van der Waals surface area contributed by atoms with Crippen LogP contribution in [0.15, 0.2) is 53.7 Å².